The first kappa shape index (κ1) is 9.55. The van der Waals surface area contributed by atoms with Crippen molar-refractivity contribution in [2.75, 3.05) is 5.75 Å². The van der Waals surface area contributed by atoms with Crippen molar-refractivity contribution >= 4 is 28.3 Å². The number of thioether (sulfide) groups is 1. The summed E-state index contributed by atoms with van der Waals surface area (Å²) in [5.74, 6) is 0.972. The largest absolute Gasteiger partial charge is 0.385 e. The summed E-state index contributed by atoms with van der Waals surface area (Å²) in [7, 11) is 0. The molecule has 0 atom stereocenters. The standard InChI is InChI=1S/C9H11NS2/c10-9(11)12-7-6-8-4-2-1-3-5-8/h1-5H,6-7H2,(H2,10,11). The maximum atomic E-state index is 5.35. The van der Waals surface area contributed by atoms with Crippen molar-refractivity contribution in [3.63, 3.8) is 0 Å². The normalized spacial score (nSPS) is 9.67. The predicted molar refractivity (Wildman–Crippen MR) is 59.4 cm³/mol. The molecular formula is C9H11NS2. The van der Waals surface area contributed by atoms with E-state index < -0.39 is 0 Å². The van der Waals surface area contributed by atoms with E-state index in [4.69, 9.17) is 18.0 Å². The Kier molecular flexibility index (Phi) is 4.11. The van der Waals surface area contributed by atoms with Crippen LogP contribution in [0.4, 0.5) is 0 Å². The smallest absolute Gasteiger partial charge is 0.131 e. The van der Waals surface area contributed by atoms with Crippen molar-refractivity contribution in [2.45, 2.75) is 6.42 Å². The Labute approximate surface area is 82.3 Å². The number of benzene rings is 1. The van der Waals surface area contributed by atoms with E-state index in [0.29, 0.717) is 4.32 Å². The van der Waals surface area contributed by atoms with E-state index in [2.05, 4.69) is 12.1 Å². The van der Waals surface area contributed by atoms with Gasteiger partial charge >= 0.3 is 0 Å². The lowest BCUT2D eigenvalue weighted by Gasteiger charge is -1.98. The second-order valence-corrected chi connectivity index (χ2v) is 4.24. The molecule has 2 N–H and O–H groups in total. The van der Waals surface area contributed by atoms with Gasteiger partial charge in [0.2, 0.25) is 0 Å². The third-order valence-corrected chi connectivity index (χ3v) is 2.52. The molecule has 0 radical (unpaired) electrons. The Morgan fingerprint density at radius 1 is 1.33 bits per heavy atom. The summed E-state index contributed by atoms with van der Waals surface area (Å²) in [4.78, 5) is 0. The van der Waals surface area contributed by atoms with Gasteiger partial charge in [-0.15, -0.1) is 0 Å². The molecule has 0 amide bonds. The van der Waals surface area contributed by atoms with E-state index >= 15 is 0 Å². The first-order chi connectivity index (χ1) is 5.79. The van der Waals surface area contributed by atoms with Gasteiger partial charge in [-0.2, -0.15) is 0 Å². The molecule has 0 saturated heterocycles. The topological polar surface area (TPSA) is 26.0 Å². The lowest BCUT2D eigenvalue weighted by Crippen LogP contribution is -2.03. The second-order valence-electron chi connectivity index (χ2n) is 2.40. The Balaban J connectivity index is 2.29. The van der Waals surface area contributed by atoms with Crippen molar-refractivity contribution in [3.8, 4) is 0 Å². The van der Waals surface area contributed by atoms with Gasteiger partial charge in [0, 0.05) is 5.75 Å². The second kappa shape index (κ2) is 5.17. The number of nitrogens with two attached hydrogens (primary N) is 1. The Hall–Kier alpha value is -0.540. The van der Waals surface area contributed by atoms with E-state index in [-0.39, 0.29) is 0 Å². The first-order valence-corrected chi connectivity index (χ1v) is 5.14. The van der Waals surface area contributed by atoms with E-state index in [1.165, 1.54) is 17.3 Å². The molecule has 0 aliphatic carbocycles. The molecule has 0 spiro atoms. The molecule has 0 bridgehead atoms. The minimum Gasteiger partial charge on any atom is -0.385 e. The molecule has 0 aliphatic heterocycles. The quantitative estimate of drug-likeness (QED) is 0.752. The minimum absolute atomic E-state index is 0.533. The summed E-state index contributed by atoms with van der Waals surface area (Å²) in [6.07, 6.45) is 1.03. The Morgan fingerprint density at radius 3 is 2.58 bits per heavy atom. The number of hydrogen-bond acceptors (Lipinski definition) is 2. The molecule has 12 heavy (non-hydrogen) atoms. The summed E-state index contributed by atoms with van der Waals surface area (Å²) < 4.78 is 0.533. The highest BCUT2D eigenvalue weighted by Gasteiger charge is 1.93. The van der Waals surface area contributed by atoms with Gasteiger partial charge in [-0.3, -0.25) is 0 Å². The first-order valence-electron chi connectivity index (χ1n) is 3.75. The SMILES string of the molecule is NC(=S)SCCc1ccccc1. The summed E-state index contributed by atoms with van der Waals surface area (Å²) in [6.45, 7) is 0. The van der Waals surface area contributed by atoms with Gasteiger partial charge in [-0.1, -0.05) is 54.3 Å². The molecule has 0 saturated carbocycles. The molecule has 64 valence electrons. The fourth-order valence-electron chi connectivity index (χ4n) is 0.914. The van der Waals surface area contributed by atoms with Gasteiger partial charge in [0.05, 0.1) is 0 Å². The van der Waals surface area contributed by atoms with Gasteiger partial charge < -0.3 is 5.73 Å². The van der Waals surface area contributed by atoms with Crippen LogP contribution >= 0.6 is 24.0 Å². The van der Waals surface area contributed by atoms with Crippen LogP contribution in [0, 0.1) is 0 Å². The van der Waals surface area contributed by atoms with Crippen LogP contribution in [0.5, 0.6) is 0 Å². The van der Waals surface area contributed by atoms with Gasteiger partial charge in [0.15, 0.2) is 0 Å². The van der Waals surface area contributed by atoms with Crippen LogP contribution in [-0.4, -0.2) is 10.1 Å². The third kappa shape index (κ3) is 3.74. The van der Waals surface area contributed by atoms with E-state index in [0.717, 1.165) is 12.2 Å². The lowest BCUT2D eigenvalue weighted by molar-refractivity contribution is 1.16. The molecule has 1 nitrogen and oxygen atoms in total. The van der Waals surface area contributed by atoms with Crippen molar-refractivity contribution in [3.05, 3.63) is 35.9 Å². The zero-order valence-electron chi connectivity index (χ0n) is 6.69. The monoisotopic (exact) mass is 197 g/mol. The number of aryl methyl sites for hydroxylation is 1. The summed E-state index contributed by atoms with van der Waals surface area (Å²) in [5.41, 5.74) is 6.69. The zero-order valence-corrected chi connectivity index (χ0v) is 8.33. The summed E-state index contributed by atoms with van der Waals surface area (Å²) in [6, 6.07) is 10.3. The molecule has 1 aromatic rings. The average Bonchev–Trinajstić information content (AvgIpc) is 2.05. The van der Waals surface area contributed by atoms with Gasteiger partial charge in [-0.05, 0) is 12.0 Å². The summed E-state index contributed by atoms with van der Waals surface area (Å²) >= 11 is 6.29. The highest BCUT2D eigenvalue weighted by atomic mass is 32.2. The molecule has 1 aromatic carbocycles. The molecular weight excluding hydrogens is 186 g/mol. The highest BCUT2D eigenvalue weighted by molar-refractivity contribution is 8.22. The van der Waals surface area contributed by atoms with Crippen molar-refractivity contribution in [1.82, 2.24) is 0 Å². The number of hydrogen-bond donors (Lipinski definition) is 1. The minimum atomic E-state index is 0.533. The van der Waals surface area contributed by atoms with Crippen LogP contribution in [0.2, 0.25) is 0 Å². The van der Waals surface area contributed by atoms with E-state index in [1.807, 2.05) is 18.2 Å². The molecule has 0 aliphatic rings. The van der Waals surface area contributed by atoms with Crippen LogP contribution in [0.15, 0.2) is 30.3 Å². The van der Waals surface area contributed by atoms with Crippen LogP contribution in [0.3, 0.4) is 0 Å². The predicted octanol–water partition coefficient (Wildman–Crippen LogP) is 2.21. The van der Waals surface area contributed by atoms with E-state index in [1.54, 1.807) is 0 Å². The fourth-order valence-corrected chi connectivity index (χ4v) is 1.70. The number of thiocarbonyl (C=S) groups is 1. The van der Waals surface area contributed by atoms with Crippen LogP contribution < -0.4 is 5.73 Å². The summed E-state index contributed by atoms with van der Waals surface area (Å²) in [5, 5.41) is 0. The van der Waals surface area contributed by atoms with Crippen LogP contribution in [0.25, 0.3) is 0 Å². The average molecular weight is 197 g/mol. The molecule has 0 aromatic heterocycles. The van der Waals surface area contributed by atoms with Gasteiger partial charge in [0.1, 0.15) is 4.32 Å². The molecule has 0 unspecified atom stereocenters. The maximum Gasteiger partial charge on any atom is 0.131 e. The van der Waals surface area contributed by atoms with Gasteiger partial charge in [0.25, 0.3) is 0 Å². The maximum absolute atomic E-state index is 5.35. The third-order valence-electron chi connectivity index (χ3n) is 1.48. The molecule has 0 heterocycles. The van der Waals surface area contributed by atoms with Gasteiger partial charge in [-0.25, -0.2) is 0 Å². The van der Waals surface area contributed by atoms with Crippen molar-refractivity contribution in [1.29, 1.82) is 0 Å². The van der Waals surface area contributed by atoms with Crippen molar-refractivity contribution < 1.29 is 0 Å². The zero-order chi connectivity index (χ0) is 8.81. The molecule has 1 rings (SSSR count). The van der Waals surface area contributed by atoms with E-state index in [9.17, 15) is 0 Å². The fraction of sp³-hybridized carbons (Fsp3) is 0.222. The highest BCUT2D eigenvalue weighted by Crippen LogP contribution is 2.06. The molecule has 0 fully saturated rings. The van der Waals surface area contributed by atoms with Crippen LogP contribution in [0.1, 0.15) is 5.56 Å². The van der Waals surface area contributed by atoms with Crippen LogP contribution in [-0.2, 0) is 6.42 Å². The Morgan fingerprint density at radius 2 is 2.00 bits per heavy atom. The molecule has 3 heteroatoms. The number of rotatable bonds is 3. The van der Waals surface area contributed by atoms with Crippen molar-refractivity contribution in [2.24, 2.45) is 5.73 Å². The lowest BCUT2D eigenvalue weighted by atomic mass is 10.2. The Bertz CT molecular complexity index is 246.